The third kappa shape index (κ3) is 7.86. The second-order valence-corrected chi connectivity index (χ2v) is 8.79. The van der Waals surface area contributed by atoms with Gasteiger partial charge in [0.25, 0.3) is 0 Å². The number of nitrogens with zero attached hydrogens (tertiary/aromatic N) is 3. The molecule has 2 aliphatic rings. The van der Waals surface area contributed by atoms with E-state index in [9.17, 15) is 27.6 Å². The van der Waals surface area contributed by atoms with Crippen LogP contribution in [-0.4, -0.2) is 91.3 Å². The molecule has 0 aromatic heterocycles. The second kappa shape index (κ2) is 10.7. The lowest BCUT2D eigenvalue weighted by atomic mass is 10.2. The number of rotatable bonds is 8. The summed E-state index contributed by atoms with van der Waals surface area (Å²) in [4.78, 5) is 41.8. The van der Waals surface area contributed by atoms with Gasteiger partial charge >= 0.3 is 6.18 Å². The fourth-order valence-electron chi connectivity index (χ4n) is 3.45. The number of nitrogens with one attached hydrogen (secondary N) is 2. The van der Waals surface area contributed by atoms with E-state index >= 15 is 0 Å². The molecule has 33 heavy (non-hydrogen) atoms. The van der Waals surface area contributed by atoms with Crippen molar-refractivity contribution in [3.8, 4) is 0 Å². The van der Waals surface area contributed by atoms with Crippen molar-refractivity contribution in [1.82, 2.24) is 20.0 Å². The molecule has 1 aromatic rings. The van der Waals surface area contributed by atoms with Gasteiger partial charge in [0.1, 0.15) is 0 Å². The van der Waals surface area contributed by atoms with Gasteiger partial charge in [0, 0.05) is 45.0 Å². The summed E-state index contributed by atoms with van der Waals surface area (Å²) in [6.45, 7) is 2.72. The molecule has 3 amide bonds. The van der Waals surface area contributed by atoms with Crippen molar-refractivity contribution in [1.29, 1.82) is 0 Å². The largest absolute Gasteiger partial charge is 0.417 e. The number of benzene rings is 1. The van der Waals surface area contributed by atoms with Gasteiger partial charge in [0.15, 0.2) is 0 Å². The van der Waals surface area contributed by atoms with Crippen LogP contribution in [0.4, 0.5) is 18.9 Å². The Morgan fingerprint density at radius 2 is 1.67 bits per heavy atom. The lowest BCUT2D eigenvalue weighted by Crippen LogP contribution is -2.52. The molecule has 3 rings (SSSR count). The average Bonchev–Trinajstić information content (AvgIpc) is 3.53. The lowest BCUT2D eigenvalue weighted by Gasteiger charge is -2.34. The molecule has 1 aromatic carbocycles. The summed E-state index contributed by atoms with van der Waals surface area (Å²) in [7, 11) is 1.46. The van der Waals surface area contributed by atoms with E-state index < -0.39 is 22.7 Å². The summed E-state index contributed by atoms with van der Waals surface area (Å²) in [5.41, 5.74) is -1.10. The van der Waals surface area contributed by atoms with Gasteiger partial charge < -0.3 is 15.5 Å². The molecule has 2 N–H and O–H groups in total. The topological polar surface area (TPSA) is 85.0 Å². The maximum atomic E-state index is 13.0. The first-order valence-electron chi connectivity index (χ1n) is 10.7. The van der Waals surface area contributed by atoms with Crippen LogP contribution >= 0.6 is 11.6 Å². The van der Waals surface area contributed by atoms with Crippen LogP contribution in [0.1, 0.15) is 18.4 Å². The minimum atomic E-state index is -4.64. The highest BCUT2D eigenvalue weighted by Crippen LogP contribution is 2.36. The molecule has 0 radical (unpaired) electrons. The molecule has 0 atom stereocenters. The highest BCUT2D eigenvalue weighted by molar-refractivity contribution is 6.31. The molecular formula is C21H27ClF3N5O3. The molecule has 2 fully saturated rings. The van der Waals surface area contributed by atoms with Gasteiger partial charge in [-0.25, -0.2) is 0 Å². The zero-order valence-corrected chi connectivity index (χ0v) is 19.0. The number of hydrogen-bond donors (Lipinski definition) is 2. The van der Waals surface area contributed by atoms with Crippen LogP contribution in [0.5, 0.6) is 0 Å². The normalized spacial score (nSPS) is 17.5. The SMILES string of the molecule is CN(CC(=O)Nc1ccc(Cl)c(C(F)(F)F)c1)C(=O)CN1CCN(CC(=O)NC2CC2)CC1. The standard InChI is InChI=1S/C21H27ClF3N5O3/c1-28(11-18(31)27-15-4-5-17(22)16(10-15)21(23,24)25)20(33)13-30-8-6-29(7-9-30)12-19(32)26-14-2-3-14/h4-5,10,14H,2-3,6-9,11-13H2,1H3,(H,26,32)(H,27,31). The number of hydrogen-bond acceptors (Lipinski definition) is 5. The summed E-state index contributed by atoms with van der Waals surface area (Å²) in [6.07, 6.45) is -2.56. The van der Waals surface area contributed by atoms with Crippen molar-refractivity contribution in [3.63, 3.8) is 0 Å². The second-order valence-electron chi connectivity index (χ2n) is 8.38. The molecule has 0 unspecified atom stereocenters. The van der Waals surface area contributed by atoms with Crippen molar-refractivity contribution in [3.05, 3.63) is 28.8 Å². The van der Waals surface area contributed by atoms with E-state index in [4.69, 9.17) is 11.6 Å². The van der Waals surface area contributed by atoms with E-state index in [0.29, 0.717) is 38.8 Å². The summed E-state index contributed by atoms with van der Waals surface area (Å²) in [5, 5.41) is 4.85. The van der Waals surface area contributed by atoms with Crippen LogP contribution in [0.15, 0.2) is 18.2 Å². The quantitative estimate of drug-likeness (QED) is 0.580. The molecule has 0 bridgehead atoms. The number of anilines is 1. The lowest BCUT2D eigenvalue weighted by molar-refractivity contribution is -0.137. The van der Waals surface area contributed by atoms with Crippen molar-refractivity contribution in [2.75, 3.05) is 58.2 Å². The minimum Gasteiger partial charge on any atom is -0.352 e. The Hall–Kier alpha value is -2.37. The first kappa shape index (κ1) is 25.3. The maximum absolute atomic E-state index is 13.0. The van der Waals surface area contributed by atoms with Crippen molar-refractivity contribution in [2.45, 2.75) is 25.1 Å². The number of halogens is 4. The first-order chi connectivity index (χ1) is 15.5. The Bertz CT molecular complexity index is 886. The smallest absolute Gasteiger partial charge is 0.352 e. The monoisotopic (exact) mass is 489 g/mol. The summed E-state index contributed by atoms with van der Waals surface area (Å²) < 4.78 is 38.9. The van der Waals surface area contributed by atoms with Crippen molar-refractivity contribution < 1.29 is 27.6 Å². The zero-order valence-electron chi connectivity index (χ0n) is 18.3. The number of carbonyl (C=O) groups excluding carboxylic acids is 3. The number of amides is 3. The van der Waals surface area contributed by atoms with Crippen molar-refractivity contribution in [2.24, 2.45) is 0 Å². The Morgan fingerprint density at radius 1 is 1.06 bits per heavy atom. The third-order valence-electron chi connectivity index (χ3n) is 5.50. The van der Waals surface area contributed by atoms with Gasteiger partial charge in [-0.15, -0.1) is 0 Å². The van der Waals surface area contributed by atoms with Crippen LogP contribution in [0.25, 0.3) is 0 Å². The fourth-order valence-corrected chi connectivity index (χ4v) is 3.67. The zero-order chi connectivity index (χ0) is 24.2. The Labute approximate surface area is 195 Å². The van der Waals surface area contributed by atoms with E-state index in [0.717, 1.165) is 25.0 Å². The molecule has 182 valence electrons. The molecular weight excluding hydrogens is 463 g/mol. The van der Waals surface area contributed by atoms with E-state index in [1.807, 2.05) is 9.80 Å². The Morgan fingerprint density at radius 3 is 2.24 bits per heavy atom. The number of alkyl halides is 3. The van der Waals surface area contributed by atoms with Crippen molar-refractivity contribution >= 4 is 35.0 Å². The highest BCUT2D eigenvalue weighted by Gasteiger charge is 2.33. The van der Waals surface area contributed by atoms with Crippen LogP contribution in [-0.2, 0) is 20.6 Å². The molecule has 0 spiro atoms. The van der Waals surface area contributed by atoms with Gasteiger partial charge in [0.05, 0.1) is 30.2 Å². The van der Waals surface area contributed by atoms with Crippen LogP contribution in [0.2, 0.25) is 5.02 Å². The maximum Gasteiger partial charge on any atom is 0.417 e. The summed E-state index contributed by atoms with van der Waals surface area (Å²) in [5.74, 6) is -0.874. The number of piperazine rings is 1. The van der Waals surface area contributed by atoms with E-state index in [1.54, 1.807) is 0 Å². The molecule has 1 aliphatic carbocycles. The minimum absolute atomic E-state index is 0.0239. The number of likely N-dealkylation sites (N-methyl/N-ethyl adjacent to an activating group) is 1. The first-order valence-corrected chi connectivity index (χ1v) is 11.0. The average molecular weight is 490 g/mol. The molecule has 1 saturated carbocycles. The van der Waals surface area contributed by atoms with E-state index in [1.165, 1.54) is 18.0 Å². The van der Waals surface area contributed by atoms with Gasteiger partial charge in [-0.2, -0.15) is 13.2 Å². The van der Waals surface area contributed by atoms with Crippen LogP contribution < -0.4 is 10.6 Å². The predicted molar refractivity (Wildman–Crippen MR) is 117 cm³/mol. The molecule has 8 nitrogen and oxygen atoms in total. The molecule has 1 aliphatic heterocycles. The Balaban J connectivity index is 1.40. The molecule has 1 heterocycles. The van der Waals surface area contributed by atoms with Crippen LogP contribution in [0.3, 0.4) is 0 Å². The molecule has 12 heteroatoms. The summed E-state index contributed by atoms with van der Waals surface area (Å²) >= 11 is 5.58. The van der Waals surface area contributed by atoms with E-state index in [-0.39, 0.29) is 30.6 Å². The van der Waals surface area contributed by atoms with Gasteiger partial charge in [0.2, 0.25) is 17.7 Å². The van der Waals surface area contributed by atoms with Crippen LogP contribution in [0, 0.1) is 0 Å². The predicted octanol–water partition coefficient (Wildman–Crippen LogP) is 1.65. The fraction of sp³-hybridized carbons (Fsp3) is 0.571. The van der Waals surface area contributed by atoms with Gasteiger partial charge in [-0.05, 0) is 31.0 Å². The van der Waals surface area contributed by atoms with Gasteiger partial charge in [-0.3, -0.25) is 24.2 Å². The summed E-state index contributed by atoms with van der Waals surface area (Å²) in [6, 6.07) is 3.41. The molecule has 1 saturated heterocycles. The third-order valence-corrected chi connectivity index (χ3v) is 5.83. The Kier molecular flexibility index (Phi) is 8.19. The van der Waals surface area contributed by atoms with Gasteiger partial charge in [-0.1, -0.05) is 11.6 Å². The number of carbonyl (C=O) groups is 3. The van der Waals surface area contributed by atoms with E-state index in [2.05, 4.69) is 10.6 Å². The highest BCUT2D eigenvalue weighted by atomic mass is 35.5.